The van der Waals surface area contributed by atoms with Crippen molar-refractivity contribution in [1.29, 1.82) is 0 Å². The molecule has 0 spiro atoms. The van der Waals surface area contributed by atoms with E-state index >= 15 is 0 Å². The first-order chi connectivity index (χ1) is 16.7. The molecule has 4 heteroatoms. The summed E-state index contributed by atoms with van der Waals surface area (Å²) in [5, 5.41) is 0.754. The number of aromatic nitrogens is 1. The molecule has 0 fully saturated rings. The van der Waals surface area contributed by atoms with Crippen molar-refractivity contribution in [1.82, 2.24) is 4.98 Å². The van der Waals surface area contributed by atoms with Crippen molar-refractivity contribution in [2.24, 2.45) is 0 Å². The van der Waals surface area contributed by atoms with E-state index in [1.54, 1.807) is 13.2 Å². The normalized spacial score (nSPS) is 10.9. The molecule has 4 aromatic carbocycles. The van der Waals surface area contributed by atoms with Crippen LogP contribution in [0.25, 0.3) is 22.2 Å². The molecule has 34 heavy (non-hydrogen) atoms. The molecule has 1 heterocycles. The summed E-state index contributed by atoms with van der Waals surface area (Å²) in [6, 6.07) is 36.6. The minimum absolute atomic E-state index is 0.397. The van der Waals surface area contributed by atoms with E-state index in [0.29, 0.717) is 11.3 Å². The van der Waals surface area contributed by atoms with Gasteiger partial charge in [-0.15, -0.1) is 0 Å². The average molecular weight is 446 g/mol. The third-order valence-electron chi connectivity index (χ3n) is 5.75. The summed E-state index contributed by atoms with van der Waals surface area (Å²) in [6.45, 7) is 0. The Balaban J connectivity index is 1.57. The van der Waals surface area contributed by atoms with Gasteiger partial charge in [-0.2, -0.15) is 0 Å². The first kappa shape index (κ1) is 21.4. The zero-order valence-corrected chi connectivity index (χ0v) is 18.7. The fourth-order valence-electron chi connectivity index (χ4n) is 4.01. The summed E-state index contributed by atoms with van der Waals surface area (Å²) < 4.78 is 11.4. The lowest BCUT2D eigenvalue weighted by Crippen LogP contribution is -2.14. The molecule has 5 rings (SSSR count). The second-order valence-corrected chi connectivity index (χ2v) is 7.91. The molecule has 0 amide bonds. The highest BCUT2D eigenvalue weighted by Gasteiger charge is 2.22. The number of carbonyl (C=O) groups is 1. The number of hydrogen-bond acceptors (Lipinski definition) is 4. The Labute approximate surface area is 198 Å². The topological polar surface area (TPSA) is 48.4 Å². The third kappa shape index (κ3) is 4.39. The summed E-state index contributed by atoms with van der Waals surface area (Å²) in [4.78, 5) is 18.4. The number of pyridine rings is 1. The van der Waals surface area contributed by atoms with Crippen LogP contribution in [0, 0.1) is 0 Å². The Hall–Kier alpha value is -4.44. The molecule has 0 saturated carbocycles. The van der Waals surface area contributed by atoms with E-state index in [-0.39, 0.29) is 0 Å². The van der Waals surface area contributed by atoms with Gasteiger partial charge >= 0.3 is 5.97 Å². The predicted molar refractivity (Wildman–Crippen MR) is 134 cm³/mol. The zero-order chi connectivity index (χ0) is 23.3. The van der Waals surface area contributed by atoms with Crippen LogP contribution in [0.2, 0.25) is 0 Å². The number of fused-ring (bicyclic) bond motifs is 1. The lowest BCUT2D eigenvalue weighted by molar-refractivity contribution is 0.0380. The first-order valence-corrected chi connectivity index (χ1v) is 11.1. The highest BCUT2D eigenvalue weighted by Crippen LogP contribution is 2.31. The molecule has 0 saturated heterocycles. The Bertz CT molecular complexity index is 1380. The summed E-state index contributed by atoms with van der Waals surface area (Å²) in [7, 11) is 1.63. The van der Waals surface area contributed by atoms with Gasteiger partial charge in [0.1, 0.15) is 5.75 Å². The van der Waals surface area contributed by atoms with Crippen LogP contribution in [-0.2, 0) is 4.74 Å². The van der Waals surface area contributed by atoms with Crippen LogP contribution in [0.15, 0.2) is 115 Å². The monoisotopic (exact) mass is 445 g/mol. The number of carbonyl (C=O) groups excluding carboxylic acids is 1. The molecular weight excluding hydrogens is 422 g/mol. The van der Waals surface area contributed by atoms with Crippen molar-refractivity contribution in [2.45, 2.75) is 6.10 Å². The number of para-hydroxylation sites is 1. The predicted octanol–water partition coefficient (Wildman–Crippen LogP) is 6.86. The number of benzene rings is 4. The lowest BCUT2D eigenvalue weighted by Gasteiger charge is -2.20. The first-order valence-electron chi connectivity index (χ1n) is 11.1. The van der Waals surface area contributed by atoms with Crippen LogP contribution in [0.3, 0.4) is 0 Å². The van der Waals surface area contributed by atoms with Crippen molar-refractivity contribution < 1.29 is 14.3 Å². The second-order valence-electron chi connectivity index (χ2n) is 7.91. The summed E-state index contributed by atoms with van der Waals surface area (Å²) in [5.41, 5.74) is 4.63. The fourth-order valence-corrected chi connectivity index (χ4v) is 4.01. The molecule has 1 aromatic heterocycles. The van der Waals surface area contributed by atoms with Gasteiger partial charge in [0.15, 0.2) is 6.10 Å². The van der Waals surface area contributed by atoms with E-state index in [1.807, 2.05) is 109 Å². The van der Waals surface area contributed by atoms with Crippen LogP contribution < -0.4 is 4.74 Å². The number of nitrogens with zero attached hydrogens (tertiary/aromatic N) is 1. The summed E-state index contributed by atoms with van der Waals surface area (Å²) in [6.07, 6.45) is -0.522. The molecule has 0 bridgehead atoms. The molecule has 0 aliphatic rings. The smallest absolute Gasteiger partial charge is 0.339 e. The molecule has 0 aliphatic heterocycles. The molecule has 4 nitrogen and oxygen atoms in total. The Morgan fingerprint density at radius 3 is 1.94 bits per heavy atom. The van der Waals surface area contributed by atoms with Gasteiger partial charge in [0.05, 0.1) is 23.9 Å². The van der Waals surface area contributed by atoms with Gasteiger partial charge < -0.3 is 9.47 Å². The Morgan fingerprint density at radius 2 is 1.32 bits per heavy atom. The molecule has 0 aliphatic carbocycles. The second kappa shape index (κ2) is 9.59. The van der Waals surface area contributed by atoms with E-state index < -0.39 is 12.1 Å². The van der Waals surface area contributed by atoms with E-state index in [9.17, 15) is 4.79 Å². The number of rotatable bonds is 6. The van der Waals surface area contributed by atoms with Crippen LogP contribution in [0.5, 0.6) is 5.75 Å². The van der Waals surface area contributed by atoms with E-state index in [2.05, 4.69) is 0 Å². The maximum absolute atomic E-state index is 13.6. The maximum atomic E-state index is 13.6. The van der Waals surface area contributed by atoms with Gasteiger partial charge in [0, 0.05) is 10.9 Å². The van der Waals surface area contributed by atoms with Crippen molar-refractivity contribution in [2.75, 3.05) is 7.11 Å². The van der Waals surface area contributed by atoms with Gasteiger partial charge in [0.25, 0.3) is 0 Å². The molecule has 0 unspecified atom stereocenters. The van der Waals surface area contributed by atoms with Crippen LogP contribution in [0.4, 0.5) is 0 Å². The van der Waals surface area contributed by atoms with Gasteiger partial charge in [-0.3, -0.25) is 0 Å². The van der Waals surface area contributed by atoms with E-state index in [0.717, 1.165) is 33.3 Å². The van der Waals surface area contributed by atoms with Crippen molar-refractivity contribution in [3.05, 3.63) is 132 Å². The van der Waals surface area contributed by atoms with Crippen molar-refractivity contribution in [3.8, 4) is 17.0 Å². The van der Waals surface area contributed by atoms with Gasteiger partial charge in [-0.1, -0.05) is 78.9 Å². The molecule has 0 radical (unpaired) electrons. The summed E-state index contributed by atoms with van der Waals surface area (Å²) >= 11 is 0. The fraction of sp³-hybridized carbons (Fsp3) is 0.0667. The largest absolute Gasteiger partial charge is 0.497 e. The minimum Gasteiger partial charge on any atom is -0.497 e. The number of ether oxygens (including phenoxy) is 2. The molecule has 166 valence electrons. The molecule has 0 atom stereocenters. The number of esters is 1. The number of hydrogen-bond donors (Lipinski definition) is 0. The lowest BCUT2D eigenvalue weighted by atomic mass is 10.0. The molecule has 5 aromatic rings. The van der Waals surface area contributed by atoms with E-state index in [1.165, 1.54) is 0 Å². The minimum atomic E-state index is -0.522. The highest BCUT2D eigenvalue weighted by molar-refractivity contribution is 6.04. The quantitative estimate of drug-likeness (QED) is 0.268. The van der Waals surface area contributed by atoms with Crippen molar-refractivity contribution >= 4 is 16.9 Å². The van der Waals surface area contributed by atoms with Crippen molar-refractivity contribution in [3.63, 3.8) is 0 Å². The van der Waals surface area contributed by atoms with Gasteiger partial charge in [0.2, 0.25) is 0 Å². The Kier molecular flexibility index (Phi) is 6.04. The van der Waals surface area contributed by atoms with E-state index in [4.69, 9.17) is 14.5 Å². The zero-order valence-electron chi connectivity index (χ0n) is 18.7. The van der Waals surface area contributed by atoms with Crippen LogP contribution >= 0.6 is 0 Å². The standard InChI is InChI=1S/C30H23NO3/c1-33-24-18-16-21(17-19-24)28-20-26(25-14-8-9-15-27(25)31-28)30(32)34-29(22-10-4-2-5-11-22)23-12-6-3-7-13-23/h2-20,29H,1H3. The van der Waals surface area contributed by atoms with Gasteiger partial charge in [-0.05, 0) is 47.5 Å². The maximum Gasteiger partial charge on any atom is 0.339 e. The Morgan fingerprint density at radius 1 is 0.735 bits per heavy atom. The summed E-state index contributed by atoms with van der Waals surface area (Å²) in [5.74, 6) is 0.365. The third-order valence-corrected chi connectivity index (χ3v) is 5.75. The molecular formula is C30H23NO3. The average Bonchev–Trinajstić information content (AvgIpc) is 2.92. The number of methoxy groups -OCH3 is 1. The molecule has 0 N–H and O–H groups in total. The van der Waals surface area contributed by atoms with Crippen LogP contribution in [-0.4, -0.2) is 18.1 Å². The SMILES string of the molecule is COc1ccc(-c2cc(C(=O)OC(c3ccccc3)c3ccccc3)c3ccccc3n2)cc1. The van der Waals surface area contributed by atoms with Crippen LogP contribution in [0.1, 0.15) is 27.6 Å². The highest BCUT2D eigenvalue weighted by atomic mass is 16.5. The van der Waals surface area contributed by atoms with Gasteiger partial charge in [-0.25, -0.2) is 9.78 Å².